The lowest BCUT2D eigenvalue weighted by atomic mass is 10.2. The molecule has 0 aliphatic carbocycles. The Morgan fingerprint density at radius 3 is 2.30 bits per heavy atom. The molecule has 20 heavy (non-hydrogen) atoms. The molecule has 0 saturated carbocycles. The van der Waals surface area contributed by atoms with Crippen LogP contribution >= 0.6 is 31.9 Å². The van der Waals surface area contributed by atoms with Gasteiger partial charge in [0, 0.05) is 6.92 Å². The number of benzene rings is 1. The monoisotopic (exact) mass is 405 g/mol. The van der Waals surface area contributed by atoms with E-state index in [0.717, 1.165) is 0 Å². The zero-order valence-electron chi connectivity index (χ0n) is 10.9. The molecule has 2 N–H and O–H groups in total. The molecule has 0 bridgehead atoms. The topological polar surface area (TPSA) is 75.6 Å². The maximum Gasteiger partial charge on any atom is 0.352 e. The van der Waals surface area contributed by atoms with E-state index in [1.54, 1.807) is 12.1 Å². The van der Waals surface area contributed by atoms with Crippen LogP contribution in [0.3, 0.4) is 0 Å². The Balaban J connectivity index is 3.19. The predicted molar refractivity (Wildman–Crippen MR) is 82.4 cm³/mol. The number of halogens is 2. The van der Waals surface area contributed by atoms with Gasteiger partial charge in [-0.25, -0.2) is 4.79 Å². The highest BCUT2D eigenvalue weighted by molar-refractivity contribution is 9.11. The summed E-state index contributed by atoms with van der Waals surface area (Å²) in [5.41, 5.74) is 0.416. The van der Waals surface area contributed by atoms with E-state index in [2.05, 4.69) is 37.2 Å². The van der Waals surface area contributed by atoms with Crippen LogP contribution in [-0.4, -0.2) is 23.6 Å². The van der Waals surface area contributed by atoms with Gasteiger partial charge in [-0.2, -0.15) is 0 Å². The summed E-state index contributed by atoms with van der Waals surface area (Å²) in [6.45, 7) is 3.63. The van der Waals surface area contributed by atoms with Crippen LogP contribution in [0.1, 0.15) is 19.4 Å². The van der Waals surface area contributed by atoms with Crippen molar-refractivity contribution in [2.45, 2.75) is 13.8 Å². The summed E-state index contributed by atoms with van der Waals surface area (Å²) in [4.78, 5) is 22.0. The van der Waals surface area contributed by atoms with Gasteiger partial charge >= 0.3 is 5.97 Å². The molecule has 1 aromatic rings. The lowest BCUT2D eigenvalue weighted by molar-refractivity contribution is -0.134. The van der Waals surface area contributed by atoms with Crippen molar-refractivity contribution in [3.05, 3.63) is 32.3 Å². The van der Waals surface area contributed by atoms with Crippen LogP contribution in [-0.2, 0) is 9.59 Å². The molecule has 0 aliphatic rings. The second kappa shape index (κ2) is 7.44. The summed E-state index contributed by atoms with van der Waals surface area (Å²) in [7, 11) is 0. The smallest absolute Gasteiger partial charge is 0.352 e. The van der Waals surface area contributed by atoms with Crippen LogP contribution in [0.15, 0.2) is 26.8 Å². The Hall–Kier alpha value is -1.34. The molecule has 5 nitrogen and oxygen atoms in total. The third-order valence-electron chi connectivity index (χ3n) is 2.16. The zero-order valence-corrected chi connectivity index (χ0v) is 14.0. The number of hydrogen-bond donors (Lipinski definition) is 2. The Morgan fingerprint density at radius 1 is 1.35 bits per heavy atom. The van der Waals surface area contributed by atoms with Gasteiger partial charge in [0.1, 0.15) is 11.4 Å². The summed E-state index contributed by atoms with van der Waals surface area (Å²) in [5, 5.41) is 11.3. The Kier molecular flexibility index (Phi) is 6.22. The van der Waals surface area contributed by atoms with Crippen LogP contribution in [0.4, 0.5) is 0 Å². The maximum absolute atomic E-state index is 11.0. The normalized spacial score (nSPS) is 11.1. The van der Waals surface area contributed by atoms with Crippen molar-refractivity contribution in [2.24, 2.45) is 0 Å². The molecule has 0 aromatic heterocycles. The van der Waals surface area contributed by atoms with Crippen molar-refractivity contribution in [3.63, 3.8) is 0 Å². The standard InChI is InChI=1S/C13H13Br2NO4/c1-3-20-12-9(14)4-8(5-10(12)15)6-11(13(18)19)16-7(2)17/h4-6H,3H2,1-2H3,(H,16,17)(H,18,19). The molecular weight excluding hydrogens is 394 g/mol. The van der Waals surface area contributed by atoms with Crippen molar-refractivity contribution in [3.8, 4) is 5.75 Å². The average Bonchev–Trinajstić information content (AvgIpc) is 2.32. The first kappa shape index (κ1) is 16.7. The summed E-state index contributed by atoms with van der Waals surface area (Å²) < 4.78 is 6.81. The van der Waals surface area contributed by atoms with Crippen molar-refractivity contribution in [1.82, 2.24) is 5.32 Å². The summed E-state index contributed by atoms with van der Waals surface area (Å²) in [6.07, 6.45) is 1.37. The van der Waals surface area contributed by atoms with E-state index in [0.29, 0.717) is 26.9 Å². The molecule has 0 heterocycles. The predicted octanol–water partition coefficient (Wildman–Crippen LogP) is 3.17. The van der Waals surface area contributed by atoms with Gasteiger partial charge in [0.25, 0.3) is 0 Å². The number of carboxylic acids is 1. The number of ether oxygens (including phenoxy) is 1. The van der Waals surface area contributed by atoms with Gasteiger partial charge in [-0.3, -0.25) is 4.79 Å². The number of rotatable bonds is 5. The summed E-state index contributed by atoms with van der Waals surface area (Å²) in [6, 6.07) is 3.42. The summed E-state index contributed by atoms with van der Waals surface area (Å²) in [5.74, 6) is -1.01. The molecule has 0 saturated heterocycles. The summed E-state index contributed by atoms with van der Waals surface area (Å²) >= 11 is 6.72. The minimum atomic E-state index is -1.21. The molecule has 1 aromatic carbocycles. The highest BCUT2D eigenvalue weighted by Crippen LogP contribution is 2.35. The van der Waals surface area contributed by atoms with Crippen molar-refractivity contribution in [1.29, 1.82) is 0 Å². The van der Waals surface area contributed by atoms with Crippen molar-refractivity contribution >= 4 is 49.8 Å². The number of carbonyl (C=O) groups is 2. The second-order valence-electron chi connectivity index (χ2n) is 3.79. The van der Waals surface area contributed by atoms with E-state index >= 15 is 0 Å². The van der Waals surface area contributed by atoms with Crippen LogP contribution in [0.2, 0.25) is 0 Å². The number of carboxylic acid groups (broad SMARTS) is 1. The van der Waals surface area contributed by atoms with E-state index in [-0.39, 0.29) is 5.70 Å². The van der Waals surface area contributed by atoms with Crippen LogP contribution in [0.25, 0.3) is 6.08 Å². The Bertz CT molecular complexity index is 546. The maximum atomic E-state index is 11.0. The van der Waals surface area contributed by atoms with E-state index in [1.807, 2.05) is 6.92 Å². The first-order chi connectivity index (χ1) is 9.35. The minimum Gasteiger partial charge on any atom is -0.492 e. The molecular formula is C13H13Br2NO4. The molecule has 1 rings (SSSR count). The molecule has 0 aliphatic heterocycles. The van der Waals surface area contributed by atoms with Gasteiger partial charge in [-0.05, 0) is 62.6 Å². The largest absolute Gasteiger partial charge is 0.492 e. The molecule has 0 unspecified atom stereocenters. The number of carbonyl (C=O) groups excluding carboxylic acids is 1. The van der Waals surface area contributed by atoms with Gasteiger partial charge in [0.05, 0.1) is 15.6 Å². The first-order valence-electron chi connectivity index (χ1n) is 5.69. The van der Waals surface area contributed by atoms with Crippen LogP contribution < -0.4 is 10.1 Å². The van der Waals surface area contributed by atoms with Gasteiger partial charge in [0.15, 0.2) is 0 Å². The molecule has 1 amide bonds. The molecule has 0 radical (unpaired) electrons. The van der Waals surface area contributed by atoms with E-state index < -0.39 is 11.9 Å². The third kappa shape index (κ3) is 4.64. The fourth-order valence-electron chi connectivity index (χ4n) is 1.45. The number of aliphatic carboxylic acids is 1. The van der Waals surface area contributed by atoms with Crippen LogP contribution in [0, 0.1) is 0 Å². The number of amides is 1. The molecule has 0 spiro atoms. The van der Waals surface area contributed by atoms with Gasteiger partial charge < -0.3 is 15.2 Å². The second-order valence-corrected chi connectivity index (χ2v) is 5.50. The number of hydrogen-bond acceptors (Lipinski definition) is 3. The van der Waals surface area contributed by atoms with Crippen molar-refractivity contribution in [2.75, 3.05) is 6.61 Å². The van der Waals surface area contributed by atoms with E-state index in [9.17, 15) is 9.59 Å². The van der Waals surface area contributed by atoms with Gasteiger partial charge in [0.2, 0.25) is 5.91 Å². The zero-order chi connectivity index (χ0) is 15.3. The molecule has 0 fully saturated rings. The third-order valence-corrected chi connectivity index (χ3v) is 3.34. The SMILES string of the molecule is CCOc1c(Br)cc(C=C(NC(C)=O)C(=O)O)cc1Br. The number of nitrogens with one attached hydrogen (secondary N) is 1. The Morgan fingerprint density at radius 2 is 1.90 bits per heavy atom. The highest BCUT2D eigenvalue weighted by Gasteiger charge is 2.12. The highest BCUT2D eigenvalue weighted by atomic mass is 79.9. The lowest BCUT2D eigenvalue weighted by Gasteiger charge is -2.10. The fourth-order valence-corrected chi connectivity index (χ4v) is 2.90. The average molecular weight is 407 g/mol. The lowest BCUT2D eigenvalue weighted by Crippen LogP contribution is -2.24. The van der Waals surface area contributed by atoms with E-state index in [4.69, 9.17) is 9.84 Å². The van der Waals surface area contributed by atoms with Crippen LogP contribution in [0.5, 0.6) is 5.75 Å². The Labute approximate surface area is 133 Å². The molecule has 108 valence electrons. The van der Waals surface area contributed by atoms with Crippen molar-refractivity contribution < 1.29 is 19.4 Å². The molecule has 0 atom stereocenters. The van der Waals surface area contributed by atoms with E-state index in [1.165, 1.54) is 13.0 Å². The quantitative estimate of drug-likeness (QED) is 0.736. The van der Waals surface area contributed by atoms with Gasteiger partial charge in [-0.1, -0.05) is 0 Å². The first-order valence-corrected chi connectivity index (χ1v) is 7.28. The van der Waals surface area contributed by atoms with Gasteiger partial charge in [-0.15, -0.1) is 0 Å². The fraction of sp³-hybridized carbons (Fsp3) is 0.231. The molecule has 7 heteroatoms. The minimum absolute atomic E-state index is 0.194.